The summed E-state index contributed by atoms with van der Waals surface area (Å²) in [5.41, 5.74) is 7.00. The number of halogens is 1. The molecule has 170 valence electrons. The minimum absolute atomic E-state index is 0.0662. The van der Waals surface area contributed by atoms with Crippen molar-refractivity contribution in [3.63, 3.8) is 0 Å². The molecule has 1 fully saturated rings. The van der Waals surface area contributed by atoms with E-state index in [-0.39, 0.29) is 17.7 Å². The van der Waals surface area contributed by atoms with E-state index in [1.165, 1.54) is 28.3 Å². The van der Waals surface area contributed by atoms with Crippen LogP contribution in [0, 0.1) is 25.6 Å². The van der Waals surface area contributed by atoms with Gasteiger partial charge < -0.3 is 5.11 Å². The predicted molar refractivity (Wildman–Crippen MR) is 131 cm³/mol. The van der Waals surface area contributed by atoms with Crippen LogP contribution >= 0.6 is 0 Å². The number of likely N-dealkylation sites (tertiary alicyclic amines) is 1. The van der Waals surface area contributed by atoms with Gasteiger partial charge in [-0.15, -0.1) is 0 Å². The van der Waals surface area contributed by atoms with Gasteiger partial charge in [-0.05, 0) is 65.8 Å². The summed E-state index contributed by atoms with van der Waals surface area (Å²) in [7, 11) is 0. The molecular weight excluding hydrogens is 413 g/mol. The lowest BCUT2D eigenvalue weighted by atomic mass is 9.90. The first-order valence-electron chi connectivity index (χ1n) is 11.4. The first-order valence-corrected chi connectivity index (χ1v) is 11.4. The Morgan fingerprint density at radius 1 is 1.03 bits per heavy atom. The summed E-state index contributed by atoms with van der Waals surface area (Å²) in [4.78, 5) is 13.1. The number of aliphatic carboxylic acids is 1. The Hall–Kier alpha value is -3.24. The highest BCUT2D eigenvalue weighted by Gasteiger charge is 2.32. The van der Waals surface area contributed by atoms with Crippen molar-refractivity contribution in [2.45, 2.75) is 32.7 Å². The van der Waals surface area contributed by atoms with Gasteiger partial charge in [0.1, 0.15) is 5.82 Å². The average Bonchev–Trinajstić information content (AvgIpc) is 2.76. The highest BCUT2D eigenvalue weighted by molar-refractivity contribution is 5.71. The number of benzene rings is 3. The fraction of sp³-hybridized carbons (Fsp3) is 0.276. The van der Waals surface area contributed by atoms with E-state index in [0.29, 0.717) is 13.1 Å². The van der Waals surface area contributed by atoms with E-state index in [2.05, 4.69) is 73.4 Å². The van der Waals surface area contributed by atoms with Gasteiger partial charge in [0.15, 0.2) is 0 Å². The average molecular weight is 444 g/mol. The molecule has 0 radical (unpaired) electrons. The van der Waals surface area contributed by atoms with Crippen LogP contribution in [0.25, 0.3) is 6.08 Å². The van der Waals surface area contributed by atoms with Crippen molar-refractivity contribution in [3.8, 4) is 0 Å². The molecule has 0 bridgehead atoms. The number of allylic oxidation sites excluding steroid dienone is 1. The lowest BCUT2D eigenvalue weighted by molar-refractivity contribution is -0.147. The van der Waals surface area contributed by atoms with E-state index in [9.17, 15) is 9.18 Å². The lowest BCUT2D eigenvalue weighted by Gasteiger charge is -2.36. The Morgan fingerprint density at radius 3 is 2.42 bits per heavy atom. The summed E-state index contributed by atoms with van der Waals surface area (Å²) in [6, 6.07) is 21.7. The maximum atomic E-state index is 13.9. The molecule has 33 heavy (non-hydrogen) atoms. The van der Waals surface area contributed by atoms with Gasteiger partial charge in [-0.2, -0.15) is 0 Å². The van der Waals surface area contributed by atoms with Crippen molar-refractivity contribution in [1.82, 2.24) is 4.90 Å². The molecule has 1 unspecified atom stereocenters. The van der Waals surface area contributed by atoms with E-state index in [1.54, 1.807) is 12.1 Å². The first kappa shape index (κ1) is 22.9. The molecule has 0 saturated carbocycles. The van der Waals surface area contributed by atoms with Crippen LogP contribution in [0.15, 0.2) is 72.8 Å². The van der Waals surface area contributed by atoms with Crippen LogP contribution < -0.4 is 0 Å². The fourth-order valence-electron chi connectivity index (χ4n) is 4.29. The molecule has 1 heterocycles. The van der Waals surface area contributed by atoms with E-state index >= 15 is 0 Å². The largest absolute Gasteiger partial charge is 0.481 e. The standard InChI is InChI=1S/C29H30FNO2/c1-20-6-7-24(14-21(20)2)15-26(25-4-3-5-28(30)16-25)13-12-22-8-10-23(11-9-22)17-31-18-27(19-31)29(32)33/h3-14,16,26-27H,15,17-19H2,1-2H3,(H,32,33)/b13-12+. The molecule has 1 atom stereocenters. The zero-order valence-corrected chi connectivity index (χ0v) is 19.2. The molecule has 0 spiro atoms. The lowest BCUT2D eigenvalue weighted by Crippen LogP contribution is -2.49. The molecular formula is C29H30FNO2. The van der Waals surface area contributed by atoms with Crippen LogP contribution in [0.5, 0.6) is 0 Å². The van der Waals surface area contributed by atoms with E-state index < -0.39 is 5.97 Å². The Bertz CT molecular complexity index is 1150. The summed E-state index contributed by atoms with van der Waals surface area (Å²) < 4.78 is 13.9. The van der Waals surface area contributed by atoms with Crippen LogP contribution in [0.2, 0.25) is 0 Å². The fourth-order valence-corrected chi connectivity index (χ4v) is 4.29. The predicted octanol–water partition coefficient (Wildman–Crippen LogP) is 6.00. The number of nitrogens with zero attached hydrogens (tertiary/aromatic N) is 1. The topological polar surface area (TPSA) is 40.5 Å². The van der Waals surface area contributed by atoms with Gasteiger partial charge in [0.25, 0.3) is 0 Å². The van der Waals surface area contributed by atoms with Crippen LogP contribution in [0.3, 0.4) is 0 Å². The van der Waals surface area contributed by atoms with Crippen molar-refractivity contribution in [2.24, 2.45) is 5.92 Å². The number of carboxylic acid groups (broad SMARTS) is 1. The summed E-state index contributed by atoms with van der Waals surface area (Å²) in [5.74, 6) is -1.09. The number of rotatable bonds is 8. The zero-order chi connectivity index (χ0) is 23.4. The third kappa shape index (κ3) is 5.96. The first-order chi connectivity index (χ1) is 15.9. The molecule has 3 aromatic rings. The Balaban J connectivity index is 1.46. The van der Waals surface area contributed by atoms with Crippen molar-refractivity contribution >= 4 is 12.0 Å². The highest BCUT2D eigenvalue weighted by Crippen LogP contribution is 2.26. The van der Waals surface area contributed by atoms with Crippen LogP contribution in [-0.2, 0) is 17.8 Å². The maximum absolute atomic E-state index is 13.9. The normalized spacial score (nSPS) is 15.5. The van der Waals surface area contributed by atoms with Crippen molar-refractivity contribution in [2.75, 3.05) is 13.1 Å². The van der Waals surface area contributed by atoms with Gasteiger partial charge >= 0.3 is 5.97 Å². The highest BCUT2D eigenvalue weighted by atomic mass is 19.1. The molecule has 4 heteroatoms. The molecule has 3 aromatic carbocycles. The smallest absolute Gasteiger partial charge is 0.309 e. The van der Waals surface area contributed by atoms with Gasteiger partial charge in [-0.1, -0.05) is 66.7 Å². The maximum Gasteiger partial charge on any atom is 0.309 e. The minimum Gasteiger partial charge on any atom is -0.481 e. The van der Waals surface area contributed by atoms with Gasteiger partial charge in [-0.25, -0.2) is 4.39 Å². The molecule has 4 rings (SSSR count). The molecule has 1 saturated heterocycles. The molecule has 0 aliphatic carbocycles. The Morgan fingerprint density at radius 2 is 1.76 bits per heavy atom. The van der Waals surface area contributed by atoms with Gasteiger partial charge in [0.05, 0.1) is 5.92 Å². The van der Waals surface area contributed by atoms with E-state index in [4.69, 9.17) is 5.11 Å². The summed E-state index contributed by atoms with van der Waals surface area (Å²) >= 11 is 0. The summed E-state index contributed by atoms with van der Waals surface area (Å²) in [5, 5.41) is 9.02. The van der Waals surface area contributed by atoms with Gasteiger partial charge in [0, 0.05) is 25.6 Å². The SMILES string of the molecule is Cc1ccc(CC(/C=C/c2ccc(CN3CC(C(=O)O)C3)cc2)c2cccc(F)c2)cc1C. The van der Waals surface area contributed by atoms with Crippen LogP contribution in [-0.4, -0.2) is 29.1 Å². The van der Waals surface area contributed by atoms with Crippen LogP contribution in [0.1, 0.15) is 39.3 Å². The second kappa shape index (κ2) is 10.1. The van der Waals surface area contributed by atoms with Crippen molar-refractivity contribution in [1.29, 1.82) is 0 Å². The Labute approximate surface area is 195 Å². The zero-order valence-electron chi connectivity index (χ0n) is 19.2. The number of hydrogen-bond donors (Lipinski definition) is 1. The monoisotopic (exact) mass is 443 g/mol. The molecule has 1 aliphatic heterocycles. The second-order valence-corrected chi connectivity index (χ2v) is 9.11. The van der Waals surface area contributed by atoms with Crippen LogP contribution in [0.4, 0.5) is 4.39 Å². The third-order valence-corrected chi connectivity index (χ3v) is 6.52. The second-order valence-electron chi connectivity index (χ2n) is 9.11. The molecule has 1 aliphatic rings. The summed E-state index contributed by atoms with van der Waals surface area (Å²) in [6.07, 6.45) is 5.06. The van der Waals surface area contributed by atoms with E-state index in [0.717, 1.165) is 24.1 Å². The summed E-state index contributed by atoms with van der Waals surface area (Å²) in [6.45, 7) is 6.23. The number of hydrogen-bond acceptors (Lipinski definition) is 2. The molecule has 1 N–H and O–H groups in total. The quantitative estimate of drug-likeness (QED) is 0.464. The van der Waals surface area contributed by atoms with Crippen molar-refractivity contribution < 1.29 is 14.3 Å². The van der Waals surface area contributed by atoms with Gasteiger partial charge in [-0.3, -0.25) is 9.69 Å². The molecule has 3 nitrogen and oxygen atoms in total. The van der Waals surface area contributed by atoms with E-state index in [1.807, 2.05) is 6.07 Å². The number of carbonyl (C=O) groups is 1. The number of aryl methyl sites for hydroxylation is 2. The molecule has 0 amide bonds. The van der Waals surface area contributed by atoms with Gasteiger partial charge in [0.2, 0.25) is 0 Å². The third-order valence-electron chi connectivity index (χ3n) is 6.52. The molecule has 0 aromatic heterocycles. The Kier molecular flexibility index (Phi) is 7.05. The minimum atomic E-state index is -0.708. The van der Waals surface area contributed by atoms with Crippen molar-refractivity contribution in [3.05, 3.63) is 112 Å². The number of carboxylic acids is 1.